The molecule has 14 heavy (non-hydrogen) atoms. The lowest BCUT2D eigenvalue weighted by molar-refractivity contribution is 0.886. The lowest BCUT2D eigenvalue weighted by atomic mass is 10.3. The monoisotopic (exact) mass is 188 g/mol. The number of unbranched alkanes of at least 4 members (excludes halogenated alkanes) is 1. The smallest absolute Gasteiger partial charge is 0.0886 e. The van der Waals surface area contributed by atoms with Crippen LogP contribution in [0.3, 0.4) is 0 Å². The van der Waals surface area contributed by atoms with E-state index in [0.29, 0.717) is 0 Å². The molecule has 0 bridgehead atoms. The number of nitrogens with zero attached hydrogens (tertiary/aromatic N) is 2. The summed E-state index contributed by atoms with van der Waals surface area (Å²) in [5.74, 6) is 0. The number of hydrogen-bond donors (Lipinski definition) is 0. The van der Waals surface area contributed by atoms with Crippen LogP contribution in [-0.4, -0.2) is 9.97 Å². The summed E-state index contributed by atoms with van der Waals surface area (Å²) in [7, 11) is 0. The molecule has 0 saturated carbocycles. The molecular weight excluding hydrogens is 172 g/mol. The SMILES string of the molecule is CCCC.c1ccc2nccnc2c1. The second-order valence-electron chi connectivity index (χ2n) is 3.05. The van der Waals surface area contributed by atoms with Gasteiger partial charge in [-0.2, -0.15) is 0 Å². The molecule has 0 N–H and O–H groups in total. The summed E-state index contributed by atoms with van der Waals surface area (Å²) in [6.45, 7) is 4.36. The Hall–Kier alpha value is -1.44. The van der Waals surface area contributed by atoms with Crippen molar-refractivity contribution in [3.63, 3.8) is 0 Å². The average Bonchev–Trinajstić information content (AvgIpc) is 2.30. The molecule has 0 radical (unpaired) electrons. The number of hydrogen-bond acceptors (Lipinski definition) is 2. The zero-order chi connectivity index (χ0) is 10.2. The van der Waals surface area contributed by atoms with E-state index in [9.17, 15) is 0 Å². The van der Waals surface area contributed by atoms with Gasteiger partial charge in [0.05, 0.1) is 11.0 Å². The minimum atomic E-state index is 0.949. The fourth-order valence-corrected chi connectivity index (χ4v) is 0.910. The fourth-order valence-electron chi connectivity index (χ4n) is 0.910. The summed E-state index contributed by atoms with van der Waals surface area (Å²) in [6.07, 6.45) is 6.03. The number of rotatable bonds is 1. The van der Waals surface area contributed by atoms with Gasteiger partial charge in [0.15, 0.2) is 0 Å². The van der Waals surface area contributed by atoms with E-state index < -0.39 is 0 Å². The third-order valence-electron chi connectivity index (χ3n) is 1.88. The molecule has 1 aromatic carbocycles. The second-order valence-corrected chi connectivity index (χ2v) is 3.05. The van der Waals surface area contributed by atoms with E-state index in [1.54, 1.807) is 12.4 Å². The van der Waals surface area contributed by atoms with E-state index in [1.165, 1.54) is 12.8 Å². The normalized spacial score (nSPS) is 9.29. The maximum absolute atomic E-state index is 4.12. The van der Waals surface area contributed by atoms with Gasteiger partial charge in [-0.05, 0) is 12.1 Å². The zero-order valence-electron chi connectivity index (χ0n) is 8.77. The third-order valence-corrected chi connectivity index (χ3v) is 1.88. The molecule has 0 saturated heterocycles. The highest BCUT2D eigenvalue weighted by molar-refractivity contribution is 5.72. The Morgan fingerprint density at radius 1 is 0.857 bits per heavy atom. The Labute approximate surface area is 85.0 Å². The van der Waals surface area contributed by atoms with Gasteiger partial charge in [0.1, 0.15) is 0 Å². The molecule has 0 fully saturated rings. The maximum atomic E-state index is 4.12. The van der Waals surface area contributed by atoms with Gasteiger partial charge in [0, 0.05) is 12.4 Å². The van der Waals surface area contributed by atoms with Crippen molar-refractivity contribution >= 4 is 11.0 Å². The van der Waals surface area contributed by atoms with Crippen LogP contribution in [-0.2, 0) is 0 Å². The third kappa shape index (κ3) is 3.13. The molecule has 2 nitrogen and oxygen atoms in total. The number of fused-ring (bicyclic) bond motifs is 1. The Morgan fingerprint density at radius 3 is 1.64 bits per heavy atom. The summed E-state index contributed by atoms with van der Waals surface area (Å²) in [6, 6.07) is 7.80. The van der Waals surface area contributed by atoms with Crippen molar-refractivity contribution in [1.29, 1.82) is 0 Å². The van der Waals surface area contributed by atoms with Crippen molar-refractivity contribution in [2.45, 2.75) is 26.7 Å². The van der Waals surface area contributed by atoms with Crippen molar-refractivity contribution in [1.82, 2.24) is 9.97 Å². The van der Waals surface area contributed by atoms with E-state index in [4.69, 9.17) is 0 Å². The molecule has 2 aromatic rings. The van der Waals surface area contributed by atoms with E-state index in [2.05, 4.69) is 23.8 Å². The van der Waals surface area contributed by atoms with Crippen LogP contribution in [0, 0.1) is 0 Å². The number of para-hydroxylation sites is 2. The van der Waals surface area contributed by atoms with E-state index >= 15 is 0 Å². The highest BCUT2D eigenvalue weighted by Gasteiger charge is 1.88. The molecule has 0 aliphatic rings. The van der Waals surface area contributed by atoms with Crippen LogP contribution < -0.4 is 0 Å². The van der Waals surface area contributed by atoms with Gasteiger partial charge < -0.3 is 0 Å². The molecule has 0 amide bonds. The first-order valence-electron chi connectivity index (χ1n) is 5.04. The van der Waals surface area contributed by atoms with Crippen molar-refractivity contribution in [3.8, 4) is 0 Å². The molecule has 0 unspecified atom stereocenters. The van der Waals surface area contributed by atoms with Gasteiger partial charge in [-0.1, -0.05) is 38.8 Å². The van der Waals surface area contributed by atoms with Gasteiger partial charge in [-0.25, -0.2) is 0 Å². The quantitative estimate of drug-likeness (QED) is 0.685. The molecule has 0 spiro atoms. The van der Waals surface area contributed by atoms with Crippen LogP contribution in [0.1, 0.15) is 26.7 Å². The lowest BCUT2D eigenvalue weighted by Gasteiger charge is -1.90. The zero-order valence-corrected chi connectivity index (χ0v) is 8.77. The molecular formula is C12H16N2. The molecule has 2 rings (SSSR count). The summed E-state index contributed by atoms with van der Waals surface area (Å²) in [5.41, 5.74) is 1.90. The van der Waals surface area contributed by atoms with Crippen LogP contribution in [0.5, 0.6) is 0 Å². The van der Waals surface area contributed by atoms with Crippen LogP contribution in [0.25, 0.3) is 11.0 Å². The van der Waals surface area contributed by atoms with Gasteiger partial charge in [0.25, 0.3) is 0 Å². The number of aromatic nitrogens is 2. The Kier molecular flexibility index (Phi) is 4.62. The number of benzene rings is 1. The average molecular weight is 188 g/mol. The van der Waals surface area contributed by atoms with Crippen LogP contribution >= 0.6 is 0 Å². The molecule has 1 heterocycles. The molecule has 74 valence electrons. The lowest BCUT2D eigenvalue weighted by Crippen LogP contribution is -1.78. The maximum Gasteiger partial charge on any atom is 0.0886 e. The van der Waals surface area contributed by atoms with Crippen molar-refractivity contribution in [3.05, 3.63) is 36.7 Å². The van der Waals surface area contributed by atoms with Crippen LogP contribution in [0.2, 0.25) is 0 Å². The summed E-state index contributed by atoms with van der Waals surface area (Å²) >= 11 is 0. The Balaban J connectivity index is 0.000000213. The molecule has 0 atom stereocenters. The highest BCUT2D eigenvalue weighted by Crippen LogP contribution is 2.04. The minimum absolute atomic E-state index is 0.949. The Morgan fingerprint density at radius 2 is 1.29 bits per heavy atom. The predicted octanol–water partition coefficient (Wildman–Crippen LogP) is 3.44. The second kappa shape index (κ2) is 6.08. The van der Waals surface area contributed by atoms with E-state index in [-0.39, 0.29) is 0 Å². The van der Waals surface area contributed by atoms with Crippen molar-refractivity contribution in [2.24, 2.45) is 0 Å². The molecule has 2 heteroatoms. The van der Waals surface area contributed by atoms with E-state index in [1.807, 2.05) is 24.3 Å². The van der Waals surface area contributed by atoms with Gasteiger partial charge in [-0.15, -0.1) is 0 Å². The highest BCUT2D eigenvalue weighted by atomic mass is 14.8. The van der Waals surface area contributed by atoms with E-state index in [0.717, 1.165) is 11.0 Å². The van der Waals surface area contributed by atoms with Crippen LogP contribution in [0.15, 0.2) is 36.7 Å². The first-order chi connectivity index (χ1) is 6.88. The van der Waals surface area contributed by atoms with Crippen molar-refractivity contribution in [2.75, 3.05) is 0 Å². The molecule has 0 aliphatic heterocycles. The fraction of sp³-hybridized carbons (Fsp3) is 0.333. The Bertz CT molecular complexity index is 304. The summed E-state index contributed by atoms with van der Waals surface area (Å²) < 4.78 is 0. The first kappa shape index (κ1) is 10.6. The van der Waals surface area contributed by atoms with Crippen molar-refractivity contribution < 1.29 is 0 Å². The molecule has 1 aromatic heterocycles. The van der Waals surface area contributed by atoms with Gasteiger partial charge in [-0.3, -0.25) is 9.97 Å². The predicted molar refractivity (Wildman–Crippen MR) is 60.1 cm³/mol. The summed E-state index contributed by atoms with van der Waals surface area (Å²) in [4.78, 5) is 8.24. The topological polar surface area (TPSA) is 25.8 Å². The molecule has 0 aliphatic carbocycles. The summed E-state index contributed by atoms with van der Waals surface area (Å²) in [5, 5.41) is 0. The largest absolute Gasteiger partial charge is 0.253 e. The van der Waals surface area contributed by atoms with Gasteiger partial charge >= 0.3 is 0 Å². The van der Waals surface area contributed by atoms with Gasteiger partial charge in [0.2, 0.25) is 0 Å². The standard InChI is InChI=1S/C8H6N2.C4H10/c1-2-4-8-7(3-1)9-5-6-10-8;1-3-4-2/h1-6H;3-4H2,1-2H3. The minimum Gasteiger partial charge on any atom is -0.253 e. The van der Waals surface area contributed by atoms with Crippen LogP contribution in [0.4, 0.5) is 0 Å². The first-order valence-corrected chi connectivity index (χ1v) is 5.04.